The number of benzene rings is 1. The summed E-state index contributed by atoms with van der Waals surface area (Å²) in [5.41, 5.74) is 1.79. The molecule has 0 saturated heterocycles. The molecule has 0 aliphatic heterocycles. The normalized spacial score (nSPS) is 10.0. The minimum Gasteiger partial charge on any atom is -0.350 e. The molecule has 2 heteroatoms. The van der Waals surface area contributed by atoms with E-state index >= 15 is 0 Å². The van der Waals surface area contributed by atoms with Crippen LogP contribution in [0.4, 0.5) is 0 Å². The second-order valence-corrected chi connectivity index (χ2v) is 2.73. The fourth-order valence-electron chi connectivity index (χ4n) is 1.26. The minimum atomic E-state index is 0.685. The van der Waals surface area contributed by atoms with Crippen LogP contribution in [-0.4, -0.2) is 4.57 Å². The molecule has 1 aromatic carbocycles. The zero-order chi connectivity index (χ0) is 8.55. The summed E-state index contributed by atoms with van der Waals surface area (Å²) in [6.07, 6.45) is 1.87. The smallest absolute Gasteiger partial charge is 0.0991 e. The van der Waals surface area contributed by atoms with Gasteiger partial charge in [-0.25, -0.2) is 0 Å². The number of nitrogens with zero attached hydrogens (tertiary/aromatic N) is 2. The van der Waals surface area contributed by atoms with Crippen molar-refractivity contribution in [3.05, 3.63) is 36.0 Å². The van der Waals surface area contributed by atoms with Crippen LogP contribution >= 0.6 is 0 Å². The molecule has 1 aromatic heterocycles. The number of hydrogen-bond acceptors (Lipinski definition) is 1. The van der Waals surface area contributed by atoms with Gasteiger partial charge in [-0.3, -0.25) is 0 Å². The highest BCUT2D eigenvalue weighted by Crippen LogP contribution is 2.15. The Bertz CT molecular complexity index is 460. The van der Waals surface area contributed by atoms with Crippen LogP contribution in [0, 0.1) is 17.4 Å². The molecule has 0 aliphatic carbocycles. The molecular formula is C10H7N2. The van der Waals surface area contributed by atoms with Gasteiger partial charge in [0.1, 0.15) is 0 Å². The van der Waals surface area contributed by atoms with E-state index in [1.807, 2.05) is 36.0 Å². The summed E-state index contributed by atoms with van der Waals surface area (Å²) in [5.74, 6) is 0. The molecule has 0 aliphatic rings. The van der Waals surface area contributed by atoms with Gasteiger partial charge in [0.15, 0.2) is 0 Å². The van der Waals surface area contributed by atoms with E-state index in [1.54, 1.807) is 0 Å². The van der Waals surface area contributed by atoms with Crippen molar-refractivity contribution >= 4 is 10.9 Å². The van der Waals surface area contributed by atoms with Gasteiger partial charge in [0.2, 0.25) is 0 Å². The zero-order valence-electron chi connectivity index (χ0n) is 6.70. The average Bonchev–Trinajstić information content (AvgIpc) is 2.47. The Morgan fingerprint density at radius 1 is 1.50 bits per heavy atom. The summed E-state index contributed by atoms with van der Waals surface area (Å²) in [4.78, 5) is 0. The first kappa shape index (κ1) is 6.93. The topological polar surface area (TPSA) is 28.7 Å². The molecule has 0 saturated carbocycles. The predicted octanol–water partition coefficient (Wildman–Crippen LogP) is 1.85. The van der Waals surface area contributed by atoms with Crippen LogP contribution in [0.25, 0.3) is 10.9 Å². The van der Waals surface area contributed by atoms with Gasteiger partial charge in [-0.15, -0.1) is 0 Å². The van der Waals surface area contributed by atoms with Gasteiger partial charge < -0.3 is 4.57 Å². The van der Waals surface area contributed by atoms with Crippen LogP contribution in [0.15, 0.2) is 24.4 Å². The minimum absolute atomic E-state index is 0.685. The third kappa shape index (κ3) is 0.876. The SMILES string of the molecule is Cn1c[c]c2cc(C#N)ccc21. The van der Waals surface area contributed by atoms with Crippen LogP contribution < -0.4 is 0 Å². The molecule has 57 valence electrons. The number of hydrogen-bond donors (Lipinski definition) is 0. The molecule has 0 amide bonds. The second-order valence-electron chi connectivity index (χ2n) is 2.73. The summed E-state index contributed by atoms with van der Waals surface area (Å²) in [6, 6.07) is 10.8. The Labute approximate surface area is 70.7 Å². The van der Waals surface area contributed by atoms with E-state index in [0.717, 1.165) is 10.9 Å². The molecule has 0 bridgehead atoms. The summed E-state index contributed by atoms with van der Waals surface area (Å²) < 4.78 is 1.98. The molecule has 0 spiro atoms. The van der Waals surface area contributed by atoms with Gasteiger partial charge in [-0.1, -0.05) is 0 Å². The van der Waals surface area contributed by atoms with E-state index in [2.05, 4.69) is 12.1 Å². The molecule has 0 unspecified atom stereocenters. The quantitative estimate of drug-likeness (QED) is 0.570. The van der Waals surface area contributed by atoms with Crippen molar-refractivity contribution in [3.8, 4) is 6.07 Å². The Balaban J connectivity index is 2.80. The lowest BCUT2D eigenvalue weighted by atomic mass is 10.2. The lowest BCUT2D eigenvalue weighted by molar-refractivity contribution is 0.968. The highest BCUT2D eigenvalue weighted by Gasteiger charge is 1.98. The zero-order valence-corrected chi connectivity index (χ0v) is 6.70. The Morgan fingerprint density at radius 3 is 3.08 bits per heavy atom. The van der Waals surface area contributed by atoms with Crippen LogP contribution in [0.5, 0.6) is 0 Å². The van der Waals surface area contributed by atoms with Gasteiger partial charge in [-0.05, 0) is 18.2 Å². The molecule has 0 N–H and O–H groups in total. The second kappa shape index (κ2) is 2.38. The first-order valence-electron chi connectivity index (χ1n) is 3.68. The first-order valence-corrected chi connectivity index (χ1v) is 3.68. The maximum absolute atomic E-state index is 8.63. The van der Waals surface area contributed by atoms with Crippen LogP contribution in [0.1, 0.15) is 5.56 Å². The molecule has 2 nitrogen and oxygen atoms in total. The number of fused-ring (bicyclic) bond motifs is 1. The summed E-state index contributed by atoms with van der Waals surface area (Å²) in [5, 5.41) is 9.63. The Kier molecular flexibility index (Phi) is 1.38. The molecule has 2 aromatic rings. The molecule has 0 fully saturated rings. The van der Waals surface area contributed by atoms with Crippen molar-refractivity contribution in [1.29, 1.82) is 5.26 Å². The fraction of sp³-hybridized carbons (Fsp3) is 0.100. The highest BCUT2D eigenvalue weighted by atomic mass is 14.9. The first-order chi connectivity index (χ1) is 5.81. The summed E-state index contributed by atoms with van der Waals surface area (Å²) >= 11 is 0. The monoisotopic (exact) mass is 155 g/mol. The van der Waals surface area contributed by atoms with Gasteiger partial charge in [0.25, 0.3) is 0 Å². The molecule has 1 heterocycles. The van der Waals surface area contributed by atoms with Crippen LogP contribution in [0.2, 0.25) is 0 Å². The van der Waals surface area contributed by atoms with E-state index < -0.39 is 0 Å². The maximum Gasteiger partial charge on any atom is 0.0991 e. The number of nitriles is 1. The van der Waals surface area contributed by atoms with E-state index in [-0.39, 0.29) is 0 Å². The van der Waals surface area contributed by atoms with Crippen molar-refractivity contribution in [1.82, 2.24) is 4.57 Å². The third-order valence-corrected chi connectivity index (χ3v) is 1.92. The molecule has 0 atom stereocenters. The highest BCUT2D eigenvalue weighted by molar-refractivity contribution is 5.80. The van der Waals surface area contributed by atoms with Gasteiger partial charge in [0.05, 0.1) is 11.6 Å². The van der Waals surface area contributed by atoms with Crippen molar-refractivity contribution < 1.29 is 0 Å². The predicted molar refractivity (Wildman–Crippen MR) is 46.5 cm³/mol. The lowest BCUT2D eigenvalue weighted by Gasteiger charge is -1.94. The summed E-state index contributed by atoms with van der Waals surface area (Å²) in [6.45, 7) is 0. The average molecular weight is 155 g/mol. The number of aryl methyl sites for hydroxylation is 1. The number of aromatic nitrogens is 1. The Morgan fingerprint density at radius 2 is 2.33 bits per heavy atom. The van der Waals surface area contributed by atoms with E-state index in [9.17, 15) is 0 Å². The standard InChI is InChI=1S/C10H7N2/c1-12-5-4-9-6-8(7-11)2-3-10(9)12/h2-3,5-6H,1H3. The van der Waals surface area contributed by atoms with Crippen molar-refractivity contribution in [2.45, 2.75) is 0 Å². The van der Waals surface area contributed by atoms with Crippen LogP contribution in [0.3, 0.4) is 0 Å². The molecular weight excluding hydrogens is 148 g/mol. The summed E-state index contributed by atoms with van der Waals surface area (Å²) in [7, 11) is 1.96. The largest absolute Gasteiger partial charge is 0.350 e. The third-order valence-electron chi connectivity index (χ3n) is 1.92. The fourth-order valence-corrected chi connectivity index (χ4v) is 1.26. The van der Waals surface area contributed by atoms with Gasteiger partial charge in [0, 0.05) is 30.2 Å². The van der Waals surface area contributed by atoms with E-state index in [1.165, 1.54) is 0 Å². The maximum atomic E-state index is 8.63. The lowest BCUT2D eigenvalue weighted by Crippen LogP contribution is -1.83. The Hall–Kier alpha value is -1.75. The molecule has 2 rings (SSSR count). The molecule has 12 heavy (non-hydrogen) atoms. The molecule has 1 radical (unpaired) electrons. The van der Waals surface area contributed by atoms with Gasteiger partial charge >= 0.3 is 0 Å². The number of rotatable bonds is 0. The van der Waals surface area contributed by atoms with E-state index in [4.69, 9.17) is 5.26 Å². The van der Waals surface area contributed by atoms with Gasteiger partial charge in [-0.2, -0.15) is 5.26 Å². The van der Waals surface area contributed by atoms with Crippen molar-refractivity contribution in [3.63, 3.8) is 0 Å². The van der Waals surface area contributed by atoms with Crippen molar-refractivity contribution in [2.24, 2.45) is 7.05 Å². The van der Waals surface area contributed by atoms with E-state index in [0.29, 0.717) is 5.56 Å². The van der Waals surface area contributed by atoms with Crippen molar-refractivity contribution in [2.75, 3.05) is 0 Å². The van der Waals surface area contributed by atoms with Crippen LogP contribution in [-0.2, 0) is 7.05 Å².